The zero-order valence-electron chi connectivity index (χ0n) is 9.46. The zero-order valence-corrected chi connectivity index (χ0v) is 9.46. The molecule has 1 aliphatic heterocycles. The van der Waals surface area contributed by atoms with Crippen molar-refractivity contribution < 1.29 is 9.47 Å². The van der Waals surface area contributed by atoms with Gasteiger partial charge in [-0.2, -0.15) is 15.6 Å². The van der Waals surface area contributed by atoms with Gasteiger partial charge in [-0.15, -0.1) is 0 Å². The Labute approximate surface area is 104 Å². The molecule has 0 unspecified atom stereocenters. The fraction of sp³-hybridized carbons (Fsp3) is 0.250. The first-order valence-corrected chi connectivity index (χ1v) is 5.30. The van der Waals surface area contributed by atoms with Gasteiger partial charge in [0.1, 0.15) is 24.0 Å². The molecule has 0 aromatic heterocycles. The van der Waals surface area contributed by atoms with Gasteiger partial charge in [-0.1, -0.05) is 0 Å². The number of nitriles is 2. The first kappa shape index (κ1) is 11.9. The third-order valence-electron chi connectivity index (χ3n) is 2.27. The van der Waals surface area contributed by atoms with Crippen LogP contribution in [0.25, 0.3) is 0 Å². The van der Waals surface area contributed by atoms with Gasteiger partial charge in [-0.05, 0) is 24.3 Å². The highest BCUT2D eigenvalue weighted by Crippen LogP contribution is 2.19. The van der Waals surface area contributed by atoms with E-state index in [-0.39, 0.29) is 11.8 Å². The Balaban J connectivity index is 1.93. The second-order valence-corrected chi connectivity index (χ2v) is 3.60. The van der Waals surface area contributed by atoms with Crippen molar-refractivity contribution in [3.63, 3.8) is 0 Å². The number of ether oxygens (including phenoxy) is 2. The van der Waals surface area contributed by atoms with Crippen molar-refractivity contribution >= 4 is 11.4 Å². The number of rotatable bonds is 4. The fourth-order valence-electron chi connectivity index (χ4n) is 1.28. The first-order chi connectivity index (χ1) is 8.81. The van der Waals surface area contributed by atoms with Crippen LogP contribution in [0.1, 0.15) is 0 Å². The van der Waals surface area contributed by atoms with Crippen molar-refractivity contribution in [3.05, 3.63) is 24.3 Å². The number of hydrazone groups is 1. The number of nitrogens with one attached hydrogen (secondary N) is 1. The minimum absolute atomic E-state index is 0.130. The van der Waals surface area contributed by atoms with Crippen LogP contribution in [-0.4, -0.2) is 25.0 Å². The van der Waals surface area contributed by atoms with E-state index >= 15 is 0 Å². The normalized spacial score (nSPS) is 13.7. The molecule has 2 rings (SSSR count). The molecule has 1 N–H and O–H groups in total. The third-order valence-corrected chi connectivity index (χ3v) is 2.27. The molecule has 0 aliphatic carbocycles. The van der Waals surface area contributed by atoms with Crippen molar-refractivity contribution in [2.75, 3.05) is 18.6 Å². The number of anilines is 1. The van der Waals surface area contributed by atoms with Gasteiger partial charge in [0, 0.05) is 0 Å². The molecule has 1 fully saturated rings. The summed E-state index contributed by atoms with van der Waals surface area (Å²) >= 11 is 0. The van der Waals surface area contributed by atoms with E-state index in [1.54, 1.807) is 36.4 Å². The maximum absolute atomic E-state index is 8.51. The van der Waals surface area contributed by atoms with Gasteiger partial charge >= 0.3 is 0 Å². The lowest BCUT2D eigenvalue weighted by Crippen LogP contribution is -2.38. The van der Waals surface area contributed by atoms with E-state index in [2.05, 4.69) is 10.5 Å². The number of benzene rings is 1. The number of hydrogen-bond acceptors (Lipinski definition) is 6. The van der Waals surface area contributed by atoms with Gasteiger partial charge < -0.3 is 9.47 Å². The molecule has 0 amide bonds. The molecular weight excluding hydrogens is 232 g/mol. The van der Waals surface area contributed by atoms with Crippen molar-refractivity contribution in [2.24, 2.45) is 5.10 Å². The second-order valence-electron chi connectivity index (χ2n) is 3.60. The average molecular weight is 242 g/mol. The standard InChI is InChI=1S/C12H10N4O2/c13-5-10(6-14)16-15-9-1-3-11(4-2-9)18-12-7-17-8-12/h1-4,12,15H,7-8H2. The van der Waals surface area contributed by atoms with E-state index in [9.17, 15) is 0 Å². The van der Waals surface area contributed by atoms with Gasteiger partial charge in [0.15, 0.2) is 0 Å². The van der Waals surface area contributed by atoms with E-state index in [0.29, 0.717) is 18.9 Å². The smallest absolute Gasteiger partial charge is 0.237 e. The van der Waals surface area contributed by atoms with Crippen LogP contribution < -0.4 is 10.2 Å². The lowest BCUT2D eigenvalue weighted by atomic mass is 10.3. The molecule has 0 spiro atoms. The fourth-order valence-corrected chi connectivity index (χ4v) is 1.28. The monoisotopic (exact) mass is 242 g/mol. The summed E-state index contributed by atoms with van der Waals surface area (Å²) in [5, 5.41) is 20.6. The number of hydrogen-bond donors (Lipinski definition) is 1. The summed E-state index contributed by atoms with van der Waals surface area (Å²) < 4.78 is 10.6. The molecule has 0 bridgehead atoms. The molecule has 0 atom stereocenters. The van der Waals surface area contributed by atoms with Crippen LogP contribution in [-0.2, 0) is 4.74 Å². The lowest BCUT2D eigenvalue weighted by Gasteiger charge is -2.26. The van der Waals surface area contributed by atoms with Crippen LogP contribution in [0.5, 0.6) is 5.75 Å². The summed E-state index contributed by atoms with van der Waals surface area (Å²) in [5.41, 5.74) is 3.07. The Bertz CT molecular complexity index is 504. The van der Waals surface area contributed by atoms with Gasteiger partial charge in [0.2, 0.25) is 5.71 Å². The molecule has 18 heavy (non-hydrogen) atoms. The van der Waals surface area contributed by atoms with Crippen LogP contribution in [0.2, 0.25) is 0 Å². The van der Waals surface area contributed by atoms with Crippen LogP contribution in [0, 0.1) is 22.7 Å². The Kier molecular flexibility index (Phi) is 3.75. The summed E-state index contributed by atoms with van der Waals surface area (Å²) in [4.78, 5) is 0. The minimum Gasteiger partial charge on any atom is -0.486 e. The molecule has 6 heteroatoms. The Morgan fingerprint density at radius 3 is 2.44 bits per heavy atom. The summed E-state index contributed by atoms with van der Waals surface area (Å²) in [5.74, 6) is 0.749. The Morgan fingerprint density at radius 1 is 1.28 bits per heavy atom. The molecule has 0 radical (unpaired) electrons. The van der Waals surface area contributed by atoms with Crippen molar-refractivity contribution in [2.45, 2.75) is 6.10 Å². The van der Waals surface area contributed by atoms with Crippen molar-refractivity contribution in [1.82, 2.24) is 0 Å². The van der Waals surface area contributed by atoms with Crippen LogP contribution in [0.3, 0.4) is 0 Å². The molecule has 1 aliphatic rings. The first-order valence-electron chi connectivity index (χ1n) is 5.30. The predicted molar refractivity (Wildman–Crippen MR) is 64.0 cm³/mol. The number of nitrogens with zero attached hydrogens (tertiary/aromatic N) is 3. The Morgan fingerprint density at radius 2 is 1.94 bits per heavy atom. The molecule has 0 saturated carbocycles. The molecule has 6 nitrogen and oxygen atoms in total. The quantitative estimate of drug-likeness (QED) is 0.634. The van der Waals surface area contributed by atoms with Crippen LogP contribution >= 0.6 is 0 Å². The maximum Gasteiger partial charge on any atom is 0.237 e. The summed E-state index contributed by atoms with van der Waals surface area (Å²) in [7, 11) is 0. The predicted octanol–water partition coefficient (Wildman–Crippen LogP) is 1.28. The molecule has 90 valence electrons. The average Bonchev–Trinajstić information content (AvgIpc) is 2.37. The van der Waals surface area contributed by atoms with Gasteiger partial charge in [0.05, 0.1) is 18.9 Å². The van der Waals surface area contributed by atoms with Crippen molar-refractivity contribution in [3.8, 4) is 17.9 Å². The highest BCUT2D eigenvalue weighted by atomic mass is 16.6. The minimum atomic E-state index is -0.220. The largest absolute Gasteiger partial charge is 0.486 e. The van der Waals surface area contributed by atoms with Gasteiger partial charge in [0.25, 0.3) is 0 Å². The van der Waals surface area contributed by atoms with Gasteiger partial charge in [-0.3, -0.25) is 5.43 Å². The summed E-state index contributed by atoms with van der Waals surface area (Å²) in [6, 6.07) is 10.4. The van der Waals surface area contributed by atoms with Gasteiger partial charge in [-0.25, -0.2) is 0 Å². The van der Waals surface area contributed by atoms with Crippen LogP contribution in [0.4, 0.5) is 5.69 Å². The van der Waals surface area contributed by atoms with E-state index in [1.807, 2.05) is 0 Å². The third kappa shape index (κ3) is 2.97. The summed E-state index contributed by atoms with van der Waals surface area (Å²) in [6.45, 7) is 1.25. The molecule has 1 aromatic carbocycles. The van der Waals surface area contributed by atoms with Crippen LogP contribution in [0.15, 0.2) is 29.4 Å². The molecule has 1 aromatic rings. The highest BCUT2D eigenvalue weighted by Gasteiger charge is 2.19. The highest BCUT2D eigenvalue weighted by molar-refractivity contribution is 6.10. The topological polar surface area (TPSA) is 90.4 Å². The van der Waals surface area contributed by atoms with Crippen molar-refractivity contribution in [1.29, 1.82) is 10.5 Å². The van der Waals surface area contributed by atoms with E-state index < -0.39 is 0 Å². The lowest BCUT2D eigenvalue weighted by molar-refractivity contribution is -0.0796. The second kappa shape index (κ2) is 5.67. The van der Waals surface area contributed by atoms with E-state index in [1.165, 1.54) is 0 Å². The SMILES string of the molecule is N#CC(C#N)=NNc1ccc(OC2COC2)cc1. The molecular formula is C12H10N4O2. The van der Waals surface area contributed by atoms with E-state index in [0.717, 1.165) is 5.75 Å². The van der Waals surface area contributed by atoms with E-state index in [4.69, 9.17) is 20.0 Å². The summed E-state index contributed by atoms with van der Waals surface area (Å²) in [6.07, 6.45) is 0.130. The maximum atomic E-state index is 8.51. The Hall–Kier alpha value is -2.57. The molecule has 1 heterocycles. The molecule has 1 saturated heterocycles. The zero-order chi connectivity index (χ0) is 12.8.